The standard InChI is InChI=1S/C15H24N4O2/c1-3-6-18-15(20)13-11-21-9-8-19(13)12-5-7-17-14(10-12)16-4-2/h5,7,10,13H,3-4,6,8-9,11H2,1-2H3,(H,16,17)(H,18,20). The van der Waals surface area contributed by atoms with Crippen LogP contribution in [-0.2, 0) is 9.53 Å². The Balaban J connectivity index is 2.14. The lowest BCUT2D eigenvalue weighted by Gasteiger charge is -2.36. The van der Waals surface area contributed by atoms with Crippen molar-refractivity contribution < 1.29 is 9.53 Å². The molecule has 1 atom stereocenters. The monoisotopic (exact) mass is 292 g/mol. The van der Waals surface area contributed by atoms with Gasteiger partial charge in [0.2, 0.25) is 5.91 Å². The molecule has 0 radical (unpaired) electrons. The first kappa shape index (κ1) is 15.6. The lowest BCUT2D eigenvalue weighted by Crippen LogP contribution is -2.54. The van der Waals surface area contributed by atoms with Gasteiger partial charge in [0.05, 0.1) is 13.2 Å². The Morgan fingerprint density at radius 1 is 1.52 bits per heavy atom. The molecule has 1 fully saturated rings. The molecule has 1 saturated heterocycles. The highest BCUT2D eigenvalue weighted by Gasteiger charge is 2.29. The minimum absolute atomic E-state index is 0.0263. The highest BCUT2D eigenvalue weighted by atomic mass is 16.5. The maximum Gasteiger partial charge on any atom is 0.245 e. The summed E-state index contributed by atoms with van der Waals surface area (Å²) in [6.45, 7) is 7.36. The van der Waals surface area contributed by atoms with E-state index in [0.717, 1.165) is 24.5 Å². The van der Waals surface area contributed by atoms with E-state index in [2.05, 4.69) is 20.5 Å². The Bertz CT molecular complexity index is 467. The Kier molecular flexibility index (Phi) is 5.80. The van der Waals surface area contributed by atoms with E-state index >= 15 is 0 Å². The summed E-state index contributed by atoms with van der Waals surface area (Å²) in [5, 5.41) is 6.15. The first-order valence-electron chi connectivity index (χ1n) is 7.58. The fraction of sp³-hybridized carbons (Fsp3) is 0.600. The van der Waals surface area contributed by atoms with E-state index < -0.39 is 0 Å². The van der Waals surface area contributed by atoms with Crippen LogP contribution in [0, 0.1) is 0 Å². The summed E-state index contributed by atoms with van der Waals surface area (Å²) in [6, 6.07) is 3.64. The largest absolute Gasteiger partial charge is 0.377 e. The minimum atomic E-state index is -0.276. The van der Waals surface area contributed by atoms with Gasteiger partial charge >= 0.3 is 0 Å². The molecule has 21 heavy (non-hydrogen) atoms. The number of nitrogens with one attached hydrogen (secondary N) is 2. The van der Waals surface area contributed by atoms with E-state index in [9.17, 15) is 4.79 Å². The fourth-order valence-electron chi connectivity index (χ4n) is 2.37. The number of hydrogen-bond donors (Lipinski definition) is 2. The molecule has 1 amide bonds. The number of carbonyl (C=O) groups is 1. The van der Waals surface area contributed by atoms with Crippen LogP contribution in [0.4, 0.5) is 11.5 Å². The van der Waals surface area contributed by atoms with Crippen molar-refractivity contribution in [1.82, 2.24) is 10.3 Å². The van der Waals surface area contributed by atoms with Crippen LogP contribution in [0.25, 0.3) is 0 Å². The quantitative estimate of drug-likeness (QED) is 0.826. The van der Waals surface area contributed by atoms with Gasteiger partial charge in [-0.3, -0.25) is 4.79 Å². The van der Waals surface area contributed by atoms with Crippen molar-refractivity contribution in [3.63, 3.8) is 0 Å². The molecule has 6 heteroatoms. The van der Waals surface area contributed by atoms with Crippen molar-refractivity contribution in [2.45, 2.75) is 26.3 Å². The van der Waals surface area contributed by atoms with Crippen LogP contribution < -0.4 is 15.5 Å². The molecule has 2 heterocycles. The van der Waals surface area contributed by atoms with Gasteiger partial charge in [0.25, 0.3) is 0 Å². The molecule has 1 aliphatic rings. The van der Waals surface area contributed by atoms with Crippen molar-refractivity contribution in [2.24, 2.45) is 0 Å². The molecular formula is C15H24N4O2. The van der Waals surface area contributed by atoms with Gasteiger partial charge in [-0.25, -0.2) is 4.98 Å². The van der Waals surface area contributed by atoms with E-state index in [4.69, 9.17) is 4.74 Å². The smallest absolute Gasteiger partial charge is 0.245 e. The third-order valence-corrected chi connectivity index (χ3v) is 3.41. The molecule has 116 valence electrons. The van der Waals surface area contributed by atoms with Crippen molar-refractivity contribution in [3.8, 4) is 0 Å². The number of amides is 1. The van der Waals surface area contributed by atoms with Gasteiger partial charge in [-0.05, 0) is 19.4 Å². The molecule has 0 saturated carbocycles. The Morgan fingerprint density at radius 2 is 2.38 bits per heavy atom. The second kappa shape index (κ2) is 7.83. The highest BCUT2D eigenvalue weighted by Crippen LogP contribution is 2.22. The third-order valence-electron chi connectivity index (χ3n) is 3.41. The molecule has 1 aromatic rings. The molecule has 0 aliphatic carbocycles. The highest BCUT2D eigenvalue weighted by molar-refractivity contribution is 5.85. The number of nitrogens with zero attached hydrogens (tertiary/aromatic N) is 2. The topological polar surface area (TPSA) is 66.5 Å². The zero-order chi connectivity index (χ0) is 15.1. The molecule has 1 unspecified atom stereocenters. The van der Waals surface area contributed by atoms with Crippen LogP contribution in [0.5, 0.6) is 0 Å². The van der Waals surface area contributed by atoms with Crippen molar-refractivity contribution >= 4 is 17.4 Å². The SMILES string of the molecule is CCCNC(=O)C1COCCN1c1ccnc(NCC)c1. The van der Waals surface area contributed by atoms with Gasteiger partial charge < -0.3 is 20.3 Å². The average Bonchev–Trinajstić information content (AvgIpc) is 2.53. The number of pyridine rings is 1. The number of hydrogen-bond acceptors (Lipinski definition) is 5. The average molecular weight is 292 g/mol. The number of anilines is 2. The maximum atomic E-state index is 12.3. The number of aromatic nitrogens is 1. The Morgan fingerprint density at radius 3 is 3.14 bits per heavy atom. The molecule has 2 N–H and O–H groups in total. The van der Waals surface area contributed by atoms with Crippen molar-refractivity contribution in [1.29, 1.82) is 0 Å². The van der Waals surface area contributed by atoms with Gasteiger partial charge in [-0.15, -0.1) is 0 Å². The summed E-state index contributed by atoms with van der Waals surface area (Å²) in [4.78, 5) is 18.7. The maximum absolute atomic E-state index is 12.3. The summed E-state index contributed by atoms with van der Waals surface area (Å²) < 4.78 is 5.48. The summed E-state index contributed by atoms with van der Waals surface area (Å²) in [6.07, 6.45) is 2.70. The molecule has 0 spiro atoms. The third kappa shape index (κ3) is 4.07. The second-order valence-corrected chi connectivity index (χ2v) is 5.00. The lowest BCUT2D eigenvalue weighted by atomic mass is 10.1. The second-order valence-electron chi connectivity index (χ2n) is 5.00. The van der Waals surface area contributed by atoms with Gasteiger partial charge in [-0.2, -0.15) is 0 Å². The summed E-state index contributed by atoms with van der Waals surface area (Å²) >= 11 is 0. The first-order valence-corrected chi connectivity index (χ1v) is 7.58. The zero-order valence-corrected chi connectivity index (χ0v) is 12.8. The van der Waals surface area contributed by atoms with E-state index in [1.54, 1.807) is 6.20 Å². The van der Waals surface area contributed by atoms with Gasteiger partial charge in [-0.1, -0.05) is 6.92 Å². The van der Waals surface area contributed by atoms with E-state index in [0.29, 0.717) is 26.3 Å². The predicted octanol–water partition coefficient (Wildman–Crippen LogP) is 1.24. The number of rotatable bonds is 6. The normalized spacial score (nSPS) is 18.4. The van der Waals surface area contributed by atoms with Gasteiger partial charge in [0, 0.05) is 37.6 Å². The number of ether oxygens (including phenoxy) is 1. The Labute approximate surface area is 125 Å². The molecule has 0 aromatic carbocycles. The van der Waals surface area contributed by atoms with Gasteiger partial charge in [0.15, 0.2) is 0 Å². The minimum Gasteiger partial charge on any atom is -0.377 e. The predicted molar refractivity (Wildman–Crippen MR) is 83.7 cm³/mol. The van der Waals surface area contributed by atoms with Crippen LogP contribution in [0.3, 0.4) is 0 Å². The Hall–Kier alpha value is -1.82. The summed E-state index contributed by atoms with van der Waals surface area (Å²) in [7, 11) is 0. The molecule has 1 aromatic heterocycles. The van der Waals surface area contributed by atoms with E-state index in [1.165, 1.54) is 0 Å². The first-order chi connectivity index (χ1) is 10.3. The molecule has 0 bridgehead atoms. The van der Waals surface area contributed by atoms with Crippen LogP contribution in [0.1, 0.15) is 20.3 Å². The van der Waals surface area contributed by atoms with Gasteiger partial charge in [0.1, 0.15) is 11.9 Å². The molecule has 1 aliphatic heterocycles. The number of morpholine rings is 1. The lowest BCUT2D eigenvalue weighted by molar-refractivity contribution is -0.124. The zero-order valence-electron chi connectivity index (χ0n) is 12.8. The van der Waals surface area contributed by atoms with E-state index in [-0.39, 0.29) is 11.9 Å². The molecule has 6 nitrogen and oxygen atoms in total. The summed E-state index contributed by atoms with van der Waals surface area (Å²) in [5.41, 5.74) is 1.00. The molecular weight excluding hydrogens is 268 g/mol. The van der Waals surface area contributed by atoms with Crippen molar-refractivity contribution in [2.75, 3.05) is 43.1 Å². The van der Waals surface area contributed by atoms with E-state index in [1.807, 2.05) is 26.0 Å². The van der Waals surface area contributed by atoms with Crippen LogP contribution in [0.2, 0.25) is 0 Å². The van der Waals surface area contributed by atoms with Crippen LogP contribution in [0.15, 0.2) is 18.3 Å². The van der Waals surface area contributed by atoms with Crippen molar-refractivity contribution in [3.05, 3.63) is 18.3 Å². The van der Waals surface area contributed by atoms with Crippen LogP contribution >= 0.6 is 0 Å². The number of carbonyl (C=O) groups excluding carboxylic acids is 1. The van der Waals surface area contributed by atoms with Crippen LogP contribution in [-0.4, -0.2) is 49.8 Å². The summed E-state index contributed by atoms with van der Waals surface area (Å²) in [5.74, 6) is 0.854. The molecule has 2 rings (SSSR count). The fourth-order valence-corrected chi connectivity index (χ4v) is 2.37.